The van der Waals surface area contributed by atoms with Gasteiger partial charge in [-0.25, -0.2) is 4.79 Å². The molecular formula is C21H30N4O3. The van der Waals surface area contributed by atoms with E-state index in [-0.39, 0.29) is 30.0 Å². The van der Waals surface area contributed by atoms with E-state index in [2.05, 4.69) is 12.2 Å². The minimum atomic E-state index is -0.164. The molecule has 7 heteroatoms. The number of likely N-dealkylation sites (tertiary alicyclic amines) is 1. The average Bonchev–Trinajstić information content (AvgIpc) is 2.99. The van der Waals surface area contributed by atoms with E-state index in [4.69, 9.17) is 0 Å². The van der Waals surface area contributed by atoms with Crippen LogP contribution in [0.2, 0.25) is 0 Å². The predicted octanol–water partition coefficient (Wildman–Crippen LogP) is 1.98. The Bertz CT molecular complexity index is 899. The normalized spacial score (nSPS) is 17.1. The lowest BCUT2D eigenvalue weighted by atomic mass is 9.97. The number of rotatable bonds is 7. The highest BCUT2D eigenvalue weighted by Crippen LogP contribution is 2.18. The SMILES string of the molecule is CCCCNC(=O)C1CCCN(C(=O)Cn2c(=O)n(CC)c3ccccc32)C1. The van der Waals surface area contributed by atoms with Crippen LogP contribution in [0, 0.1) is 5.92 Å². The second-order valence-electron chi connectivity index (χ2n) is 7.43. The number of nitrogens with zero attached hydrogens (tertiary/aromatic N) is 3. The van der Waals surface area contributed by atoms with Crippen molar-refractivity contribution in [3.8, 4) is 0 Å². The van der Waals surface area contributed by atoms with E-state index in [9.17, 15) is 14.4 Å². The Morgan fingerprint density at radius 3 is 2.54 bits per heavy atom. The van der Waals surface area contributed by atoms with E-state index in [0.29, 0.717) is 26.2 Å². The highest BCUT2D eigenvalue weighted by atomic mass is 16.2. The third kappa shape index (κ3) is 4.13. The fourth-order valence-electron chi connectivity index (χ4n) is 3.92. The number of imidazole rings is 1. The first-order chi connectivity index (χ1) is 13.6. The summed E-state index contributed by atoms with van der Waals surface area (Å²) in [5, 5.41) is 2.97. The van der Waals surface area contributed by atoms with Crippen molar-refractivity contribution in [3.05, 3.63) is 34.7 Å². The molecule has 0 spiro atoms. The van der Waals surface area contributed by atoms with Crippen molar-refractivity contribution in [1.82, 2.24) is 19.4 Å². The van der Waals surface area contributed by atoms with Crippen molar-refractivity contribution in [3.63, 3.8) is 0 Å². The topological polar surface area (TPSA) is 76.3 Å². The van der Waals surface area contributed by atoms with Gasteiger partial charge >= 0.3 is 5.69 Å². The lowest BCUT2D eigenvalue weighted by Gasteiger charge is -2.32. The molecule has 28 heavy (non-hydrogen) atoms. The van der Waals surface area contributed by atoms with E-state index in [1.165, 1.54) is 0 Å². The Morgan fingerprint density at radius 1 is 1.14 bits per heavy atom. The molecule has 1 aromatic carbocycles. The number of unbranched alkanes of at least 4 members (excludes halogenated alkanes) is 1. The van der Waals surface area contributed by atoms with Crippen LogP contribution in [0.4, 0.5) is 0 Å². The molecule has 0 radical (unpaired) electrons. The maximum Gasteiger partial charge on any atom is 0.329 e. The molecule has 1 fully saturated rings. The zero-order valence-electron chi connectivity index (χ0n) is 16.8. The first-order valence-electron chi connectivity index (χ1n) is 10.3. The van der Waals surface area contributed by atoms with Crippen LogP contribution >= 0.6 is 0 Å². The van der Waals surface area contributed by atoms with E-state index in [1.54, 1.807) is 14.0 Å². The summed E-state index contributed by atoms with van der Waals surface area (Å²) in [6.45, 7) is 6.33. The molecule has 2 amide bonds. The van der Waals surface area contributed by atoms with E-state index in [0.717, 1.165) is 36.7 Å². The Kier molecular flexibility index (Phi) is 6.54. The first kappa shape index (κ1) is 20.2. The zero-order valence-corrected chi connectivity index (χ0v) is 16.8. The number of para-hydroxylation sites is 2. The van der Waals surface area contributed by atoms with Crippen molar-refractivity contribution in [1.29, 1.82) is 0 Å². The number of aryl methyl sites for hydroxylation is 1. The molecular weight excluding hydrogens is 356 g/mol. The van der Waals surface area contributed by atoms with Crippen LogP contribution in [-0.2, 0) is 22.7 Å². The Labute approximate surface area is 165 Å². The number of benzene rings is 1. The fraction of sp³-hybridized carbons (Fsp3) is 0.571. The number of hydrogen-bond acceptors (Lipinski definition) is 3. The molecule has 152 valence electrons. The van der Waals surface area contributed by atoms with Gasteiger partial charge < -0.3 is 10.2 Å². The smallest absolute Gasteiger partial charge is 0.329 e. The number of carbonyl (C=O) groups excluding carboxylic acids is 2. The van der Waals surface area contributed by atoms with Crippen LogP contribution in [0.1, 0.15) is 39.5 Å². The summed E-state index contributed by atoms with van der Waals surface area (Å²) in [4.78, 5) is 39.8. The van der Waals surface area contributed by atoms with Gasteiger partial charge in [0, 0.05) is 26.2 Å². The van der Waals surface area contributed by atoms with Crippen LogP contribution in [0.3, 0.4) is 0 Å². The van der Waals surface area contributed by atoms with Crippen molar-refractivity contribution in [2.24, 2.45) is 5.92 Å². The van der Waals surface area contributed by atoms with Gasteiger partial charge in [0.1, 0.15) is 6.54 Å². The highest BCUT2D eigenvalue weighted by Gasteiger charge is 2.29. The number of hydrogen-bond donors (Lipinski definition) is 1. The molecule has 2 aromatic rings. The molecule has 1 aromatic heterocycles. The van der Waals surface area contributed by atoms with Gasteiger partial charge in [-0.2, -0.15) is 0 Å². The number of aromatic nitrogens is 2. The van der Waals surface area contributed by atoms with Gasteiger partial charge in [0.15, 0.2) is 0 Å². The maximum absolute atomic E-state index is 12.9. The molecule has 0 aliphatic carbocycles. The zero-order chi connectivity index (χ0) is 20.1. The first-order valence-corrected chi connectivity index (χ1v) is 10.3. The molecule has 0 saturated carbocycles. The van der Waals surface area contributed by atoms with Crippen LogP contribution in [0.25, 0.3) is 11.0 Å². The molecule has 1 N–H and O–H groups in total. The van der Waals surface area contributed by atoms with Gasteiger partial charge in [-0.1, -0.05) is 25.5 Å². The monoisotopic (exact) mass is 386 g/mol. The van der Waals surface area contributed by atoms with E-state index < -0.39 is 0 Å². The second kappa shape index (κ2) is 9.08. The average molecular weight is 386 g/mol. The number of amides is 2. The molecule has 1 atom stereocenters. The van der Waals surface area contributed by atoms with Gasteiger partial charge in [-0.15, -0.1) is 0 Å². The molecule has 3 rings (SSSR count). The van der Waals surface area contributed by atoms with Crippen molar-refractivity contribution < 1.29 is 9.59 Å². The summed E-state index contributed by atoms with van der Waals surface area (Å²) in [7, 11) is 0. The molecule has 1 saturated heterocycles. The van der Waals surface area contributed by atoms with Gasteiger partial charge in [-0.05, 0) is 38.3 Å². The molecule has 1 aliphatic rings. The molecule has 0 bridgehead atoms. The third-order valence-electron chi connectivity index (χ3n) is 5.51. The lowest BCUT2D eigenvalue weighted by molar-refractivity contribution is -0.136. The maximum atomic E-state index is 12.9. The van der Waals surface area contributed by atoms with Crippen molar-refractivity contribution in [2.75, 3.05) is 19.6 Å². The lowest BCUT2D eigenvalue weighted by Crippen LogP contribution is -2.47. The number of fused-ring (bicyclic) bond motifs is 1. The fourth-order valence-corrected chi connectivity index (χ4v) is 3.92. The van der Waals surface area contributed by atoms with Gasteiger partial charge in [0.25, 0.3) is 0 Å². The summed E-state index contributed by atoms with van der Waals surface area (Å²) in [6, 6.07) is 7.54. The summed E-state index contributed by atoms with van der Waals surface area (Å²) in [5.74, 6) is -0.235. The van der Waals surface area contributed by atoms with Crippen LogP contribution in [-0.4, -0.2) is 45.5 Å². The highest BCUT2D eigenvalue weighted by molar-refractivity contribution is 5.83. The van der Waals surface area contributed by atoms with Crippen LogP contribution in [0.15, 0.2) is 29.1 Å². The number of nitrogens with one attached hydrogen (secondary N) is 1. The Hall–Kier alpha value is -2.57. The van der Waals surface area contributed by atoms with E-state index in [1.807, 2.05) is 31.2 Å². The summed E-state index contributed by atoms with van der Waals surface area (Å²) < 4.78 is 3.23. The van der Waals surface area contributed by atoms with Crippen molar-refractivity contribution >= 4 is 22.8 Å². The number of carbonyl (C=O) groups is 2. The van der Waals surface area contributed by atoms with Crippen molar-refractivity contribution in [2.45, 2.75) is 52.6 Å². The molecule has 1 unspecified atom stereocenters. The number of piperidine rings is 1. The van der Waals surface area contributed by atoms with Crippen LogP contribution < -0.4 is 11.0 Å². The Balaban J connectivity index is 1.71. The molecule has 1 aliphatic heterocycles. The summed E-state index contributed by atoms with van der Waals surface area (Å²) >= 11 is 0. The van der Waals surface area contributed by atoms with Gasteiger partial charge in [-0.3, -0.25) is 18.7 Å². The second-order valence-corrected chi connectivity index (χ2v) is 7.43. The minimum absolute atomic E-state index is 0.0104. The standard InChI is InChI=1S/C21H30N4O3/c1-3-5-12-22-20(27)16-9-8-13-23(14-16)19(26)15-25-18-11-7-6-10-17(18)24(4-2)21(25)28/h6-7,10-11,16H,3-5,8-9,12-15H2,1-2H3,(H,22,27). The quantitative estimate of drug-likeness (QED) is 0.739. The van der Waals surface area contributed by atoms with Gasteiger partial charge in [0.05, 0.1) is 17.0 Å². The van der Waals surface area contributed by atoms with Gasteiger partial charge in [0.2, 0.25) is 11.8 Å². The largest absolute Gasteiger partial charge is 0.356 e. The summed E-state index contributed by atoms with van der Waals surface area (Å²) in [5.41, 5.74) is 1.45. The Morgan fingerprint density at radius 2 is 1.86 bits per heavy atom. The predicted molar refractivity (Wildman–Crippen MR) is 109 cm³/mol. The van der Waals surface area contributed by atoms with E-state index >= 15 is 0 Å². The third-order valence-corrected chi connectivity index (χ3v) is 5.51. The van der Waals surface area contributed by atoms with Crippen LogP contribution in [0.5, 0.6) is 0 Å². The molecule has 7 nitrogen and oxygen atoms in total. The summed E-state index contributed by atoms with van der Waals surface area (Å²) in [6.07, 6.45) is 3.61. The minimum Gasteiger partial charge on any atom is -0.356 e. The molecule has 2 heterocycles.